The fourth-order valence-electron chi connectivity index (χ4n) is 3.28. The Hall–Kier alpha value is -1.44. The molecule has 1 aliphatic rings. The van der Waals surface area contributed by atoms with Crippen LogP contribution in [0, 0.1) is 0 Å². The van der Waals surface area contributed by atoms with Crippen LogP contribution < -0.4 is 5.43 Å². The second-order valence-electron chi connectivity index (χ2n) is 6.03. The molecule has 1 aliphatic heterocycles. The summed E-state index contributed by atoms with van der Waals surface area (Å²) in [5.74, 6) is 0. The molecule has 0 unspecified atom stereocenters. The monoisotopic (exact) mass is 270 g/mol. The summed E-state index contributed by atoms with van der Waals surface area (Å²) in [4.78, 5) is 0. The largest absolute Gasteiger partial charge is 0.326 e. The maximum absolute atomic E-state index is 3.58. The van der Waals surface area contributed by atoms with Crippen molar-refractivity contribution in [2.24, 2.45) is 0 Å². The summed E-state index contributed by atoms with van der Waals surface area (Å²) in [6, 6.07) is 8.79. The Kier molecular flexibility index (Phi) is 4.62. The van der Waals surface area contributed by atoms with Gasteiger partial charge in [0.1, 0.15) is 0 Å². The third-order valence-electron chi connectivity index (χ3n) is 4.45. The molecule has 3 rings (SSSR count). The zero-order chi connectivity index (χ0) is 13.6. The van der Waals surface area contributed by atoms with E-state index < -0.39 is 0 Å². The van der Waals surface area contributed by atoms with Crippen molar-refractivity contribution in [2.75, 3.05) is 12.0 Å². The van der Waals surface area contributed by atoms with Crippen LogP contribution in [0.15, 0.2) is 30.5 Å². The lowest BCUT2D eigenvalue weighted by molar-refractivity contribution is 0.567. The first kappa shape index (κ1) is 13.5. The fourth-order valence-corrected chi connectivity index (χ4v) is 3.28. The number of hydrogen-bond donors (Lipinski definition) is 1. The van der Waals surface area contributed by atoms with Crippen molar-refractivity contribution in [3.63, 3.8) is 0 Å². The first-order valence-corrected chi connectivity index (χ1v) is 8.28. The van der Waals surface area contributed by atoms with Gasteiger partial charge in [0.05, 0.1) is 5.52 Å². The van der Waals surface area contributed by atoms with Crippen LogP contribution in [-0.2, 0) is 6.42 Å². The van der Waals surface area contributed by atoms with Crippen LogP contribution in [0.4, 0.5) is 0 Å². The van der Waals surface area contributed by atoms with Gasteiger partial charge in [-0.05, 0) is 30.9 Å². The molecule has 1 aromatic carbocycles. The van der Waals surface area contributed by atoms with E-state index in [0.29, 0.717) is 0 Å². The molecular formula is C18H26N2. The Labute approximate surface area is 122 Å². The summed E-state index contributed by atoms with van der Waals surface area (Å²) in [5, 5.41) is 1.43. The molecule has 1 N–H and O–H groups in total. The molecule has 0 aliphatic carbocycles. The number of aryl methyl sites for hydroxylation is 1. The van der Waals surface area contributed by atoms with Crippen LogP contribution in [-0.4, -0.2) is 11.2 Å². The molecule has 0 atom stereocenters. The summed E-state index contributed by atoms with van der Waals surface area (Å²) in [7, 11) is 0. The van der Waals surface area contributed by atoms with Gasteiger partial charge in [0, 0.05) is 18.1 Å². The zero-order valence-electron chi connectivity index (χ0n) is 12.4. The Balaban J connectivity index is 1.82. The second kappa shape index (κ2) is 6.83. The van der Waals surface area contributed by atoms with Gasteiger partial charge in [0.25, 0.3) is 0 Å². The fraction of sp³-hybridized carbons (Fsp3) is 0.556. The standard InChI is InChI=1S/C18H26N2/c1-2-4-6-10-14-19-20-15-16(11-7-5-3-1)17-12-8-9-13-18(17)20/h8-9,12-13,15,19H,1-7,10-11,14H2. The molecule has 0 amide bonds. The first-order valence-electron chi connectivity index (χ1n) is 8.28. The van der Waals surface area contributed by atoms with E-state index in [9.17, 15) is 0 Å². The van der Waals surface area contributed by atoms with Gasteiger partial charge >= 0.3 is 0 Å². The van der Waals surface area contributed by atoms with Gasteiger partial charge in [-0.3, -0.25) is 4.68 Å². The lowest BCUT2D eigenvalue weighted by Gasteiger charge is -2.09. The number of hydrogen-bond acceptors (Lipinski definition) is 1. The van der Waals surface area contributed by atoms with Crippen molar-refractivity contribution in [3.8, 4) is 0 Å². The minimum absolute atomic E-state index is 1.08. The van der Waals surface area contributed by atoms with Gasteiger partial charge in [0.2, 0.25) is 0 Å². The van der Waals surface area contributed by atoms with E-state index in [2.05, 4.69) is 40.6 Å². The molecule has 0 saturated heterocycles. The summed E-state index contributed by atoms with van der Waals surface area (Å²) >= 11 is 0. The van der Waals surface area contributed by atoms with E-state index in [0.717, 1.165) is 6.54 Å². The molecular weight excluding hydrogens is 244 g/mol. The van der Waals surface area contributed by atoms with E-state index in [1.807, 2.05) is 0 Å². The minimum atomic E-state index is 1.08. The van der Waals surface area contributed by atoms with Gasteiger partial charge in [-0.25, -0.2) is 0 Å². The Morgan fingerprint density at radius 2 is 1.50 bits per heavy atom. The molecule has 0 saturated carbocycles. The lowest BCUT2D eigenvalue weighted by Crippen LogP contribution is -2.14. The third-order valence-corrected chi connectivity index (χ3v) is 4.45. The highest BCUT2D eigenvalue weighted by molar-refractivity contribution is 5.84. The maximum Gasteiger partial charge on any atom is 0.0695 e. The van der Waals surface area contributed by atoms with Crippen LogP contribution in [0.3, 0.4) is 0 Å². The van der Waals surface area contributed by atoms with Crippen molar-refractivity contribution in [1.82, 2.24) is 4.68 Å². The minimum Gasteiger partial charge on any atom is -0.326 e. The molecule has 0 spiro atoms. The highest BCUT2D eigenvalue weighted by Gasteiger charge is 2.07. The third kappa shape index (κ3) is 3.17. The van der Waals surface area contributed by atoms with Gasteiger partial charge in [-0.15, -0.1) is 0 Å². The molecule has 2 heterocycles. The summed E-state index contributed by atoms with van der Waals surface area (Å²) in [6.45, 7) is 1.08. The number of nitrogens with one attached hydrogen (secondary N) is 1. The van der Waals surface area contributed by atoms with Gasteiger partial charge in [-0.2, -0.15) is 0 Å². The Bertz CT molecular complexity index is 495. The predicted molar refractivity (Wildman–Crippen MR) is 86.8 cm³/mol. The second-order valence-corrected chi connectivity index (χ2v) is 6.03. The van der Waals surface area contributed by atoms with Crippen molar-refractivity contribution < 1.29 is 0 Å². The molecule has 0 radical (unpaired) electrons. The highest BCUT2D eigenvalue weighted by Crippen LogP contribution is 2.23. The molecule has 2 heteroatoms. The average Bonchev–Trinajstić information content (AvgIpc) is 2.83. The Morgan fingerprint density at radius 3 is 2.35 bits per heavy atom. The summed E-state index contributed by atoms with van der Waals surface area (Å²) < 4.78 is 2.25. The summed E-state index contributed by atoms with van der Waals surface area (Å²) in [5.41, 5.74) is 6.41. The van der Waals surface area contributed by atoms with Crippen molar-refractivity contribution >= 4 is 10.9 Å². The first-order chi connectivity index (χ1) is 9.95. The SMILES string of the molecule is c1ccc2c(c1)c1cn2NCCCCCCCCCC1. The molecule has 108 valence electrons. The van der Waals surface area contributed by atoms with Crippen LogP contribution >= 0.6 is 0 Å². The Morgan fingerprint density at radius 1 is 0.800 bits per heavy atom. The average molecular weight is 270 g/mol. The van der Waals surface area contributed by atoms with Crippen LogP contribution in [0.25, 0.3) is 10.9 Å². The number of nitrogens with zero attached hydrogens (tertiary/aromatic N) is 1. The van der Waals surface area contributed by atoms with Gasteiger partial charge < -0.3 is 5.43 Å². The van der Waals surface area contributed by atoms with E-state index in [1.165, 1.54) is 74.3 Å². The highest BCUT2D eigenvalue weighted by atomic mass is 15.4. The van der Waals surface area contributed by atoms with Gasteiger partial charge in [-0.1, -0.05) is 56.7 Å². The number of para-hydroxylation sites is 1. The van der Waals surface area contributed by atoms with Crippen LogP contribution in [0.2, 0.25) is 0 Å². The zero-order valence-corrected chi connectivity index (χ0v) is 12.4. The van der Waals surface area contributed by atoms with E-state index in [-0.39, 0.29) is 0 Å². The predicted octanol–water partition coefficient (Wildman–Crippen LogP) is 4.86. The normalized spacial score (nSPS) is 18.4. The van der Waals surface area contributed by atoms with E-state index >= 15 is 0 Å². The van der Waals surface area contributed by atoms with Crippen LogP contribution in [0.1, 0.15) is 56.9 Å². The number of rotatable bonds is 0. The number of benzene rings is 1. The maximum atomic E-state index is 3.58. The molecule has 2 bridgehead atoms. The molecule has 0 fully saturated rings. The van der Waals surface area contributed by atoms with Gasteiger partial charge in [0.15, 0.2) is 0 Å². The summed E-state index contributed by atoms with van der Waals surface area (Å²) in [6.07, 6.45) is 14.5. The molecule has 20 heavy (non-hydrogen) atoms. The smallest absolute Gasteiger partial charge is 0.0695 e. The van der Waals surface area contributed by atoms with E-state index in [1.54, 1.807) is 0 Å². The van der Waals surface area contributed by atoms with Crippen LogP contribution in [0.5, 0.6) is 0 Å². The molecule has 1 aromatic heterocycles. The van der Waals surface area contributed by atoms with Crippen molar-refractivity contribution in [1.29, 1.82) is 0 Å². The molecule has 2 nitrogen and oxygen atoms in total. The number of aromatic nitrogens is 1. The quantitative estimate of drug-likeness (QED) is 0.723. The molecule has 2 aromatic rings. The topological polar surface area (TPSA) is 17.0 Å². The van der Waals surface area contributed by atoms with Crippen molar-refractivity contribution in [2.45, 2.75) is 57.8 Å². The van der Waals surface area contributed by atoms with E-state index in [4.69, 9.17) is 0 Å². The van der Waals surface area contributed by atoms with Crippen molar-refractivity contribution in [3.05, 3.63) is 36.0 Å². The lowest BCUT2D eigenvalue weighted by atomic mass is 10.0. The number of fused-ring (bicyclic) bond motifs is 5.